The number of aromatic nitrogens is 2. The summed E-state index contributed by atoms with van der Waals surface area (Å²) < 4.78 is 6.55. The Morgan fingerprint density at radius 2 is 1.80 bits per heavy atom. The van der Waals surface area contributed by atoms with Crippen molar-refractivity contribution in [3.05, 3.63) is 52.6 Å². The Hall–Kier alpha value is -2.96. The zero-order chi connectivity index (χ0) is 21.8. The number of Topliss-reactive ketones (excluding diaryl/α,β-unsaturated/α-hetero) is 1. The van der Waals surface area contributed by atoms with Crippen LogP contribution in [0.3, 0.4) is 0 Å². The Balaban J connectivity index is 1.89. The number of carbonyl (C=O) groups is 3. The third kappa shape index (κ3) is 4.30. The normalized spacial score (nSPS) is 14.0. The van der Waals surface area contributed by atoms with Crippen molar-refractivity contribution in [2.45, 2.75) is 46.1 Å². The molecule has 2 aromatic rings. The predicted octanol–water partition coefficient (Wildman–Crippen LogP) is 3.23. The van der Waals surface area contributed by atoms with Crippen molar-refractivity contribution in [1.29, 1.82) is 0 Å². The number of ketones is 1. The first kappa shape index (κ1) is 21.7. The molecule has 0 atom stereocenters. The van der Waals surface area contributed by atoms with Gasteiger partial charge >= 0.3 is 5.97 Å². The van der Waals surface area contributed by atoms with Gasteiger partial charge in [0.25, 0.3) is 0 Å². The third-order valence-electron chi connectivity index (χ3n) is 6.06. The van der Waals surface area contributed by atoms with Crippen LogP contribution in [0.5, 0.6) is 0 Å². The van der Waals surface area contributed by atoms with E-state index in [-0.39, 0.29) is 24.2 Å². The minimum Gasteiger partial charge on any atom is -0.464 e. The standard InChI is InChI=1S/C23H29N3O4/c1-15-20(16(2)25(3)21(15)23(29)30-4)19(27)14-26(13-17-9-11-24-12-10-17)22(28)18-7-5-6-8-18/h9-12,18H,5-8,13-14H2,1-4H3. The second kappa shape index (κ2) is 9.24. The monoisotopic (exact) mass is 411 g/mol. The van der Waals surface area contributed by atoms with Gasteiger partial charge in [-0.2, -0.15) is 0 Å². The summed E-state index contributed by atoms with van der Waals surface area (Å²) in [6.07, 6.45) is 7.21. The molecule has 2 aromatic heterocycles. The second-order valence-corrected chi connectivity index (χ2v) is 7.94. The fourth-order valence-corrected chi connectivity index (χ4v) is 4.38. The van der Waals surface area contributed by atoms with E-state index in [0.29, 0.717) is 29.1 Å². The van der Waals surface area contributed by atoms with Crippen LogP contribution in [-0.4, -0.2) is 45.8 Å². The lowest BCUT2D eigenvalue weighted by Crippen LogP contribution is -2.38. The van der Waals surface area contributed by atoms with E-state index in [9.17, 15) is 14.4 Å². The van der Waals surface area contributed by atoms with Crippen molar-refractivity contribution < 1.29 is 19.1 Å². The molecule has 3 rings (SSSR count). The number of esters is 1. The molecular weight excluding hydrogens is 382 g/mol. The van der Waals surface area contributed by atoms with Crippen molar-refractivity contribution in [3.8, 4) is 0 Å². The van der Waals surface area contributed by atoms with Crippen LogP contribution in [-0.2, 0) is 23.1 Å². The number of methoxy groups -OCH3 is 1. The Morgan fingerprint density at radius 1 is 1.17 bits per heavy atom. The summed E-state index contributed by atoms with van der Waals surface area (Å²) >= 11 is 0. The Morgan fingerprint density at radius 3 is 2.40 bits per heavy atom. The lowest BCUT2D eigenvalue weighted by atomic mass is 10.0. The lowest BCUT2D eigenvalue weighted by Gasteiger charge is -2.25. The van der Waals surface area contributed by atoms with E-state index >= 15 is 0 Å². The van der Waals surface area contributed by atoms with E-state index < -0.39 is 5.97 Å². The molecule has 0 bridgehead atoms. The average Bonchev–Trinajstić information content (AvgIpc) is 3.35. The maximum Gasteiger partial charge on any atom is 0.354 e. The summed E-state index contributed by atoms with van der Waals surface area (Å²) in [6.45, 7) is 3.89. The van der Waals surface area contributed by atoms with Gasteiger partial charge < -0.3 is 14.2 Å². The number of carbonyl (C=O) groups excluding carboxylic acids is 3. The first-order valence-corrected chi connectivity index (χ1v) is 10.3. The Bertz CT molecular complexity index is 943. The number of rotatable bonds is 7. The number of ether oxygens (including phenoxy) is 1. The van der Waals surface area contributed by atoms with Gasteiger partial charge in [-0.05, 0) is 49.9 Å². The van der Waals surface area contributed by atoms with Gasteiger partial charge in [0, 0.05) is 43.2 Å². The van der Waals surface area contributed by atoms with Crippen molar-refractivity contribution in [2.24, 2.45) is 13.0 Å². The SMILES string of the molecule is COC(=O)c1c(C)c(C(=O)CN(Cc2ccncc2)C(=O)C2CCCC2)c(C)n1C. The zero-order valence-electron chi connectivity index (χ0n) is 18.1. The molecule has 7 heteroatoms. The molecule has 1 amide bonds. The fourth-order valence-electron chi connectivity index (χ4n) is 4.38. The summed E-state index contributed by atoms with van der Waals surface area (Å²) in [5.41, 5.74) is 3.05. The summed E-state index contributed by atoms with van der Waals surface area (Å²) in [4.78, 5) is 44.3. The highest BCUT2D eigenvalue weighted by molar-refractivity contribution is 6.04. The fraction of sp³-hybridized carbons (Fsp3) is 0.478. The first-order chi connectivity index (χ1) is 14.3. The van der Waals surface area contributed by atoms with Gasteiger partial charge in [-0.25, -0.2) is 4.79 Å². The third-order valence-corrected chi connectivity index (χ3v) is 6.06. The van der Waals surface area contributed by atoms with Gasteiger partial charge in [0.1, 0.15) is 5.69 Å². The molecule has 0 saturated heterocycles. The summed E-state index contributed by atoms with van der Waals surface area (Å²) in [5, 5.41) is 0. The molecule has 0 radical (unpaired) electrons. The molecule has 1 aliphatic rings. The predicted molar refractivity (Wildman–Crippen MR) is 112 cm³/mol. The highest BCUT2D eigenvalue weighted by Crippen LogP contribution is 2.28. The number of nitrogens with zero attached hydrogens (tertiary/aromatic N) is 3. The minimum absolute atomic E-state index is 0.0238. The maximum atomic E-state index is 13.3. The van der Waals surface area contributed by atoms with Gasteiger partial charge in [0.2, 0.25) is 5.91 Å². The second-order valence-electron chi connectivity index (χ2n) is 7.94. The van der Waals surface area contributed by atoms with Crippen LogP contribution in [0, 0.1) is 19.8 Å². The molecular formula is C23H29N3O4. The zero-order valence-corrected chi connectivity index (χ0v) is 18.1. The topological polar surface area (TPSA) is 81.5 Å². The van der Waals surface area contributed by atoms with Crippen molar-refractivity contribution >= 4 is 17.7 Å². The van der Waals surface area contributed by atoms with Gasteiger partial charge in [0.05, 0.1) is 13.7 Å². The van der Waals surface area contributed by atoms with Gasteiger partial charge in [-0.3, -0.25) is 14.6 Å². The van der Waals surface area contributed by atoms with Gasteiger partial charge in [-0.15, -0.1) is 0 Å². The van der Waals surface area contributed by atoms with Crippen LogP contribution in [0.2, 0.25) is 0 Å². The number of hydrogen-bond donors (Lipinski definition) is 0. The highest BCUT2D eigenvalue weighted by Gasteiger charge is 2.31. The summed E-state index contributed by atoms with van der Waals surface area (Å²) in [5.74, 6) is -0.649. The van der Waals surface area contributed by atoms with Gasteiger partial charge in [0.15, 0.2) is 5.78 Å². The number of amides is 1. The first-order valence-electron chi connectivity index (χ1n) is 10.3. The molecule has 30 heavy (non-hydrogen) atoms. The number of pyridine rings is 1. The van der Waals surface area contributed by atoms with Crippen LogP contribution in [0.1, 0.15) is 63.4 Å². The Labute approximate surface area is 177 Å². The van der Waals surface area contributed by atoms with Crippen LogP contribution in [0.15, 0.2) is 24.5 Å². The molecule has 1 fully saturated rings. The molecule has 1 aliphatic carbocycles. The molecule has 0 aliphatic heterocycles. The van der Waals surface area contributed by atoms with Crippen molar-refractivity contribution in [1.82, 2.24) is 14.5 Å². The maximum absolute atomic E-state index is 13.3. The van der Waals surface area contributed by atoms with E-state index in [2.05, 4.69) is 4.98 Å². The van der Waals surface area contributed by atoms with Gasteiger partial charge in [-0.1, -0.05) is 12.8 Å². The molecule has 1 saturated carbocycles. The van der Waals surface area contributed by atoms with E-state index in [1.54, 1.807) is 42.8 Å². The van der Waals surface area contributed by atoms with Crippen LogP contribution in [0.25, 0.3) is 0 Å². The molecule has 0 aromatic carbocycles. The smallest absolute Gasteiger partial charge is 0.354 e. The lowest BCUT2D eigenvalue weighted by molar-refractivity contribution is -0.135. The molecule has 2 heterocycles. The van der Waals surface area contributed by atoms with Crippen LogP contribution >= 0.6 is 0 Å². The summed E-state index contributed by atoms with van der Waals surface area (Å²) in [7, 11) is 3.06. The summed E-state index contributed by atoms with van der Waals surface area (Å²) in [6, 6.07) is 3.71. The highest BCUT2D eigenvalue weighted by atomic mass is 16.5. The quantitative estimate of drug-likeness (QED) is 0.516. The van der Waals surface area contributed by atoms with E-state index in [1.807, 2.05) is 12.1 Å². The van der Waals surface area contributed by atoms with Crippen LogP contribution in [0.4, 0.5) is 0 Å². The van der Waals surface area contributed by atoms with E-state index in [1.165, 1.54) is 7.11 Å². The number of hydrogen-bond acceptors (Lipinski definition) is 5. The molecule has 0 spiro atoms. The van der Waals surface area contributed by atoms with Crippen molar-refractivity contribution in [3.63, 3.8) is 0 Å². The molecule has 7 nitrogen and oxygen atoms in total. The minimum atomic E-state index is -0.479. The molecule has 0 N–H and O–H groups in total. The van der Waals surface area contributed by atoms with Crippen LogP contribution < -0.4 is 0 Å². The molecule has 0 unspecified atom stereocenters. The average molecular weight is 412 g/mol. The van der Waals surface area contributed by atoms with Crippen molar-refractivity contribution in [2.75, 3.05) is 13.7 Å². The molecule has 160 valence electrons. The Kier molecular flexibility index (Phi) is 6.70. The largest absolute Gasteiger partial charge is 0.464 e. The van der Waals surface area contributed by atoms with E-state index in [4.69, 9.17) is 4.74 Å². The van der Waals surface area contributed by atoms with E-state index in [0.717, 1.165) is 31.2 Å².